The van der Waals surface area contributed by atoms with E-state index in [0.29, 0.717) is 0 Å². The molecule has 78 valence electrons. The fourth-order valence-corrected chi connectivity index (χ4v) is 0.950. The molecule has 0 aliphatic rings. The summed E-state index contributed by atoms with van der Waals surface area (Å²) in [6, 6.07) is 1.88. The van der Waals surface area contributed by atoms with Crippen LogP contribution >= 0.6 is 0 Å². The molecule has 0 aliphatic heterocycles. The Hall–Kier alpha value is -1.38. The molecule has 0 radical (unpaired) electrons. The zero-order valence-electron chi connectivity index (χ0n) is 9.65. The highest BCUT2D eigenvalue weighted by molar-refractivity contribution is 5.28. The van der Waals surface area contributed by atoms with E-state index >= 15 is 0 Å². The quantitative estimate of drug-likeness (QED) is 0.643. The summed E-state index contributed by atoms with van der Waals surface area (Å²) in [7, 11) is 0. The summed E-state index contributed by atoms with van der Waals surface area (Å²) in [4.78, 5) is 8.22. The number of nitrogens with zero attached hydrogens (tertiary/aromatic N) is 3. The average Bonchev–Trinajstić information content (AvgIpc) is 2.64. The standard InChI is InChI=1S/C7H7N3.2C2H6/c1-6-5-10-4-2-3-8-7(10)9-6;2*1-2/h2-5H,1H3;2*1-2H3. The molecular formula is C11H19N3. The summed E-state index contributed by atoms with van der Waals surface area (Å²) in [5, 5.41) is 0. The van der Waals surface area contributed by atoms with Crippen molar-refractivity contribution in [3.05, 3.63) is 30.4 Å². The first-order valence-corrected chi connectivity index (χ1v) is 5.12. The van der Waals surface area contributed by atoms with Gasteiger partial charge >= 0.3 is 0 Å². The molecular weight excluding hydrogens is 174 g/mol. The van der Waals surface area contributed by atoms with Crippen molar-refractivity contribution >= 4 is 5.78 Å². The van der Waals surface area contributed by atoms with Crippen molar-refractivity contribution in [2.24, 2.45) is 0 Å². The maximum atomic E-state index is 4.16. The van der Waals surface area contributed by atoms with Crippen molar-refractivity contribution < 1.29 is 0 Å². The van der Waals surface area contributed by atoms with Gasteiger partial charge in [-0.3, -0.25) is 4.40 Å². The second-order valence-corrected chi connectivity index (χ2v) is 2.21. The highest BCUT2D eigenvalue weighted by Gasteiger charge is 1.93. The third kappa shape index (κ3) is 3.17. The van der Waals surface area contributed by atoms with Gasteiger partial charge in [0.25, 0.3) is 0 Å². The number of hydrogen-bond acceptors (Lipinski definition) is 2. The number of fused-ring (bicyclic) bond motifs is 1. The van der Waals surface area contributed by atoms with Gasteiger partial charge in [0.15, 0.2) is 0 Å². The van der Waals surface area contributed by atoms with Crippen LogP contribution in [0.5, 0.6) is 0 Å². The minimum atomic E-state index is 0.764. The molecule has 0 aliphatic carbocycles. The fourth-order valence-electron chi connectivity index (χ4n) is 0.950. The van der Waals surface area contributed by atoms with Gasteiger partial charge in [-0.05, 0) is 13.0 Å². The first-order chi connectivity index (χ1) is 6.86. The van der Waals surface area contributed by atoms with Crippen molar-refractivity contribution in [3.63, 3.8) is 0 Å². The van der Waals surface area contributed by atoms with Crippen LogP contribution in [-0.2, 0) is 0 Å². The van der Waals surface area contributed by atoms with Crippen molar-refractivity contribution in [1.82, 2.24) is 14.4 Å². The van der Waals surface area contributed by atoms with Gasteiger partial charge in [-0.1, -0.05) is 27.7 Å². The van der Waals surface area contributed by atoms with E-state index < -0.39 is 0 Å². The van der Waals surface area contributed by atoms with E-state index in [0.717, 1.165) is 11.5 Å². The minimum Gasteiger partial charge on any atom is -0.291 e. The van der Waals surface area contributed by atoms with Crippen molar-refractivity contribution in [2.45, 2.75) is 34.6 Å². The third-order valence-electron chi connectivity index (χ3n) is 1.36. The lowest BCUT2D eigenvalue weighted by Gasteiger charge is -1.85. The van der Waals surface area contributed by atoms with Crippen LogP contribution in [0, 0.1) is 6.92 Å². The Kier molecular flexibility index (Phi) is 6.37. The molecule has 0 amide bonds. The van der Waals surface area contributed by atoms with Crippen LogP contribution in [0.2, 0.25) is 0 Å². The smallest absolute Gasteiger partial charge is 0.233 e. The molecule has 0 N–H and O–H groups in total. The number of rotatable bonds is 0. The normalized spacial score (nSPS) is 8.36. The van der Waals surface area contributed by atoms with Gasteiger partial charge in [-0.15, -0.1) is 0 Å². The largest absolute Gasteiger partial charge is 0.291 e. The van der Waals surface area contributed by atoms with E-state index in [4.69, 9.17) is 0 Å². The molecule has 0 fully saturated rings. The molecule has 2 heterocycles. The van der Waals surface area contributed by atoms with Crippen LogP contribution in [0.15, 0.2) is 24.7 Å². The molecule has 3 heteroatoms. The number of hydrogen-bond donors (Lipinski definition) is 0. The first-order valence-electron chi connectivity index (χ1n) is 5.12. The Balaban J connectivity index is 0.000000379. The van der Waals surface area contributed by atoms with E-state index in [1.165, 1.54) is 0 Å². The van der Waals surface area contributed by atoms with Gasteiger partial charge in [0, 0.05) is 18.6 Å². The molecule has 0 bridgehead atoms. The lowest BCUT2D eigenvalue weighted by atomic mass is 10.6. The van der Waals surface area contributed by atoms with E-state index in [-0.39, 0.29) is 0 Å². The molecule has 3 nitrogen and oxygen atoms in total. The lowest BCUT2D eigenvalue weighted by molar-refractivity contribution is 1.11. The van der Waals surface area contributed by atoms with Crippen LogP contribution in [-0.4, -0.2) is 14.4 Å². The van der Waals surface area contributed by atoms with Gasteiger partial charge in [-0.2, -0.15) is 0 Å². The average molecular weight is 193 g/mol. The number of aryl methyl sites for hydroxylation is 1. The monoisotopic (exact) mass is 193 g/mol. The van der Waals surface area contributed by atoms with E-state index in [2.05, 4.69) is 9.97 Å². The summed E-state index contributed by atoms with van der Waals surface area (Å²) >= 11 is 0. The predicted molar refractivity (Wildman–Crippen MR) is 60.4 cm³/mol. The van der Waals surface area contributed by atoms with Gasteiger partial charge < -0.3 is 0 Å². The molecule has 0 spiro atoms. The zero-order valence-corrected chi connectivity index (χ0v) is 9.65. The molecule has 0 aromatic carbocycles. The topological polar surface area (TPSA) is 30.2 Å². The fraction of sp³-hybridized carbons (Fsp3) is 0.455. The highest BCUT2D eigenvalue weighted by atomic mass is 15.1. The maximum Gasteiger partial charge on any atom is 0.233 e. The Labute approximate surface area is 85.8 Å². The molecule has 0 atom stereocenters. The van der Waals surface area contributed by atoms with Crippen molar-refractivity contribution in [2.75, 3.05) is 0 Å². The number of aromatic nitrogens is 3. The van der Waals surface area contributed by atoms with Crippen molar-refractivity contribution in [1.29, 1.82) is 0 Å². The van der Waals surface area contributed by atoms with Crippen LogP contribution in [0.4, 0.5) is 0 Å². The Morgan fingerprint density at radius 1 is 1.14 bits per heavy atom. The summed E-state index contributed by atoms with van der Waals surface area (Å²) in [5.74, 6) is 0.764. The molecule has 2 rings (SSSR count). The van der Waals surface area contributed by atoms with Crippen LogP contribution < -0.4 is 0 Å². The Morgan fingerprint density at radius 3 is 2.36 bits per heavy atom. The van der Waals surface area contributed by atoms with Crippen LogP contribution in [0.1, 0.15) is 33.4 Å². The molecule has 0 saturated heterocycles. The Bertz CT molecular complexity index is 319. The molecule has 2 aromatic heterocycles. The zero-order chi connectivity index (χ0) is 11.0. The highest BCUT2D eigenvalue weighted by Crippen LogP contribution is 1.98. The van der Waals surface area contributed by atoms with E-state index in [9.17, 15) is 0 Å². The predicted octanol–water partition coefficient (Wildman–Crippen LogP) is 3.09. The lowest BCUT2D eigenvalue weighted by Crippen LogP contribution is -1.82. The molecule has 14 heavy (non-hydrogen) atoms. The number of imidazole rings is 1. The Morgan fingerprint density at radius 2 is 1.79 bits per heavy atom. The first kappa shape index (κ1) is 12.6. The van der Waals surface area contributed by atoms with Gasteiger partial charge in [-0.25, -0.2) is 9.97 Å². The van der Waals surface area contributed by atoms with Gasteiger partial charge in [0.1, 0.15) is 0 Å². The second kappa shape index (κ2) is 7.06. The molecule has 0 unspecified atom stereocenters. The van der Waals surface area contributed by atoms with E-state index in [1.54, 1.807) is 6.20 Å². The summed E-state index contributed by atoms with van der Waals surface area (Å²) in [6.07, 6.45) is 5.62. The summed E-state index contributed by atoms with van der Waals surface area (Å²) in [5.41, 5.74) is 0.999. The molecule has 0 saturated carbocycles. The minimum absolute atomic E-state index is 0.764. The summed E-state index contributed by atoms with van der Waals surface area (Å²) < 4.78 is 1.90. The third-order valence-corrected chi connectivity index (χ3v) is 1.36. The van der Waals surface area contributed by atoms with E-state index in [1.807, 2.05) is 57.5 Å². The SMILES string of the molecule is CC.CC.Cc1cn2cccnc2n1. The summed E-state index contributed by atoms with van der Waals surface area (Å²) in [6.45, 7) is 9.95. The second-order valence-electron chi connectivity index (χ2n) is 2.21. The molecule has 2 aromatic rings. The van der Waals surface area contributed by atoms with Gasteiger partial charge in [0.2, 0.25) is 5.78 Å². The maximum absolute atomic E-state index is 4.16. The van der Waals surface area contributed by atoms with Crippen LogP contribution in [0.25, 0.3) is 5.78 Å². The van der Waals surface area contributed by atoms with Crippen molar-refractivity contribution in [3.8, 4) is 0 Å². The van der Waals surface area contributed by atoms with Crippen LogP contribution in [0.3, 0.4) is 0 Å². The van der Waals surface area contributed by atoms with Gasteiger partial charge in [0.05, 0.1) is 5.69 Å².